The largest absolute Gasteiger partial charge is 0.302 e. The molecule has 0 aliphatic rings. The Morgan fingerprint density at radius 1 is 1.44 bits per heavy atom. The van der Waals surface area contributed by atoms with Gasteiger partial charge in [0.1, 0.15) is 11.0 Å². The molecule has 0 saturated carbocycles. The van der Waals surface area contributed by atoms with Crippen molar-refractivity contribution in [3.05, 3.63) is 0 Å². The predicted octanol–water partition coefficient (Wildman–Crippen LogP) is -0.148. The fourth-order valence-corrected chi connectivity index (χ4v) is 0.182. The first-order valence-electron chi connectivity index (χ1n) is 2.24. The van der Waals surface area contributed by atoms with Crippen LogP contribution in [0.3, 0.4) is 0 Å². The highest BCUT2D eigenvalue weighted by molar-refractivity contribution is 7.87. The Bertz CT molecular complexity index is 201. The van der Waals surface area contributed by atoms with E-state index < -0.39 is 14.9 Å². The lowest BCUT2D eigenvalue weighted by molar-refractivity contribution is -0.109. The Morgan fingerprint density at radius 2 is 1.78 bits per heavy atom. The molecular formula is C4H8O4S. The van der Waals surface area contributed by atoms with E-state index in [1.807, 2.05) is 0 Å². The SMILES string of the molecule is CC(C)(C=O)S(=O)(=O)O. The van der Waals surface area contributed by atoms with Gasteiger partial charge < -0.3 is 4.79 Å². The van der Waals surface area contributed by atoms with E-state index in [0.29, 0.717) is 0 Å². The van der Waals surface area contributed by atoms with Gasteiger partial charge in [-0.25, -0.2) is 0 Å². The van der Waals surface area contributed by atoms with Crippen LogP contribution in [0.15, 0.2) is 0 Å². The zero-order valence-electron chi connectivity index (χ0n) is 5.16. The van der Waals surface area contributed by atoms with Gasteiger partial charge in [-0.15, -0.1) is 0 Å². The van der Waals surface area contributed by atoms with Crippen molar-refractivity contribution in [1.82, 2.24) is 0 Å². The zero-order valence-corrected chi connectivity index (χ0v) is 5.97. The molecule has 0 heterocycles. The summed E-state index contributed by atoms with van der Waals surface area (Å²) in [6, 6.07) is 0. The van der Waals surface area contributed by atoms with Crippen LogP contribution in [-0.4, -0.2) is 24.0 Å². The molecule has 0 unspecified atom stereocenters. The number of carbonyl (C=O) groups is 1. The van der Waals surface area contributed by atoms with Crippen molar-refractivity contribution in [2.75, 3.05) is 0 Å². The molecule has 0 atom stereocenters. The Balaban J connectivity index is 4.77. The third-order valence-corrected chi connectivity index (χ3v) is 2.37. The molecule has 4 nitrogen and oxygen atoms in total. The Kier molecular flexibility index (Phi) is 1.98. The van der Waals surface area contributed by atoms with Crippen LogP contribution in [0.25, 0.3) is 0 Å². The van der Waals surface area contributed by atoms with Crippen molar-refractivity contribution in [1.29, 1.82) is 0 Å². The molecule has 54 valence electrons. The topological polar surface area (TPSA) is 71.4 Å². The normalized spacial score (nSPS) is 13.2. The lowest BCUT2D eigenvalue weighted by atomic mass is 10.2. The van der Waals surface area contributed by atoms with E-state index in [9.17, 15) is 13.2 Å². The van der Waals surface area contributed by atoms with Gasteiger partial charge in [0.15, 0.2) is 0 Å². The van der Waals surface area contributed by atoms with Crippen LogP contribution in [0.1, 0.15) is 13.8 Å². The van der Waals surface area contributed by atoms with E-state index in [1.165, 1.54) is 0 Å². The predicted molar refractivity (Wildman–Crippen MR) is 31.7 cm³/mol. The van der Waals surface area contributed by atoms with Gasteiger partial charge in [0.25, 0.3) is 10.1 Å². The minimum Gasteiger partial charge on any atom is -0.302 e. The summed E-state index contributed by atoms with van der Waals surface area (Å²) in [6.07, 6.45) is 0.183. The monoisotopic (exact) mass is 152 g/mol. The lowest BCUT2D eigenvalue weighted by Crippen LogP contribution is -2.32. The van der Waals surface area contributed by atoms with Crippen LogP contribution in [0.5, 0.6) is 0 Å². The quantitative estimate of drug-likeness (QED) is 0.441. The summed E-state index contributed by atoms with van der Waals surface area (Å²) in [5.41, 5.74) is 0. The van der Waals surface area contributed by atoms with Crippen LogP contribution in [-0.2, 0) is 14.9 Å². The maximum absolute atomic E-state index is 10.2. The van der Waals surface area contributed by atoms with Crippen molar-refractivity contribution in [3.63, 3.8) is 0 Å². The van der Waals surface area contributed by atoms with E-state index in [4.69, 9.17) is 4.55 Å². The fourth-order valence-electron chi connectivity index (χ4n) is 0.0608. The molecule has 0 saturated heterocycles. The smallest absolute Gasteiger partial charge is 0.277 e. The fraction of sp³-hybridized carbons (Fsp3) is 0.750. The van der Waals surface area contributed by atoms with Crippen LogP contribution in [0.4, 0.5) is 0 Å². The Morgan fingerprint density at radius 3 is 1.78 bits per heavy atom. The van der Waals surface area contributed by atoms with Crippen molar-refractivity contribution < 1.29 is 17.8 Å². The summed E-state index contributed by atoms with van der Waals surface area (Å²) >= 11 is 0. The molecule has 0 radical (unpaired) electrons. The first-order chi connectivity index (χ1) is 3.81. The van der Waals surface area contributed by atoms with Gasteiger partial charge in [-0.05, 0) is 13.8 Å². The van der Waals surface area contributed by atoms with E-state index in [2.05, 4.69) is 0 Å². The van der Waals surface area contributed by atoms with Crippen molar-refractivity contribution in [2.24, 2.45) is 0 Å². The third-order valence-electron chi connectivity index (χ3n) is 0.949. The Hall–Kier alpha value is -0.420. The second-order valence-electron chi connectivity index (χ2n) is 2.20. The van der Waals surface area contributed by atoms with E-state index in [1.54, 1.807) is 0 Å². The van der Waals surface area contributed by atoms with Gasteiger partial charge in [0.2, 0.25) is 0 Å². The van der Waals surface area contributed by atoms with Gasteiger partial charge in [0, 0.05) is 0 Å². The highest BCUT2D eigenvalue weighted by Crippen LogP contribution is 2.09. The number of hydrogen-bond acceptors (Lipinski definition) is 3. The van der Waals surface area contributed by atoms with Crippen LogP contribution >= 0.6 is 0 Å². The minimum absolute atomic E-state index is 0.183. The van der Waals surface area contributed by atoms with E-state index >= 15 is 0 Å². The molecule has 0 aromatic carbocycles. The first kappa shape index (κ1) is 8.58. The minimum atomic E-state index is -4.22. The second kappa shape index (κ2) is 2.07. The molecule has 1 N–H and O–H groups in total. The molecule has 0 aliphatic carbocycles. The molecule has 0 bridgehead atoms. The second-order valence-corrected chi connectivity index (χ2v) is 4.20. The van der Waals surface area contributed by atoms with Crippen LogP contribution in [0, 0.1) is 0 Å². The summed E-state index contributed by atoms with van der Waals surface area (Å²) in [6.45, 7) is 2.24. The van der Waals surface area contributed by atoms with Crippen molar-refractivity contribution in [2.45, 2.75) is 18.6 Å². The third kappa shape index (κ3) is 1.76. The summed E-state index contributed by atoms with van der Waals surface area (Å²) in [4.78, 5) is 9.93. The number of aldehydes is 1. The van der Waals surface area contributed by atoms with Gasteiger partial charge in [-0.2, -0.15) is 8.42 Å². The molecule has 0 spiro atoms. The average Bonchev–Trinajstić information content (AvgIpc) is 1.64. The van der Waals surface area contributed by atoms with Gasteiger partial charge >= 0.3 is 0 Å². The van der Waals surface area contributed by atoms with Crippen LogP contribution in [0.2, 0.25) is 0 Å². The maximum atomic E-state index is 10.2. The van der Waals surface area contributed by atoms with E-state index in [-0.39, 0.29) is 6.29 Å². The molecule has 9 heavy (non-hydrogen) atoms. The lowest BCUT2D eigenvalue weighted by Gasteiger charge is -2.10. The van der Waals surface area contributed by atoms with Crippen molar-refractivity contribution >= 4 is 16.4 Å². The Labute approximate surface area is 53.6 Å². The average molecular weight is 152 g/mol. The molecule has 0 rings (SSSR count). The maximum Gasteiger partial charge on any atom is 0.277 e. The molecule has 0 aromatic rings. The molecule has 5 heteroatoms. The van der Waals surface area contributed by atoms with Gasteiger partial charge in [-0.1, -0.05) is 0 Å². The van der Waals surface area contributed by atoms with Crippen molar-refractivity contribution in [3.8, 4) is 0 Å². The highest BCUT2D eigenvalue weighted by atomic mass is 32.2. The standard InChI is InChI=1S/C4H8O4S/c1-4(2,3-5)9(6,7)8/h3H,1-2H3,(H,6,7,8). The molecule has 0 aliphatic heterocycles. The number of rotatable bonds is 2. The number of hydrogen-bond donors (Lipinski definition) is 1. The van der Waals surface area contributed by atoms with Gasteiger partial charge in [0.05, 0.1) is 0 Å². The molecule has 0 amide bonds. The molecule has 0 fully saturated rings. The molecular weight excluding hydrogens is 144 g/mol. The summed E-state index contributed by atoms with van der Waals surface area (Å²) in [5, 5.41) is 0. The van der Waals surface area contributed by atoms with Gasteiger partial charge in [-0.3, -0.25) is 4.55 Å². The summed E-state index contributed by atoms with van der Waals surface area (Å²) in [5.74, 6) is 0. The molecule has 0 aromatic heterocycles. The van der Waals surface area contributed by atoms with E-state index in [0.717, 1.165) is 13.8 Å². The zero-order chi connectivity index (χ0) is 7.71. The number of carbonyl (C=O) groups excluding carboxylic acids is 1. The summed E-state index contributed by atoms with van der Waals surface area (Å²) < 4.78 is 27.0. The van der Waals surface area contributed by atoms with Crippen LogP contribution < -0.4 is 0 Å². The summed E-state index contributed by atoms with van der Waals surface area (Å²) in [7, 11) is -4.22. The highest BCUT2D eigenvalue weighted by Gasteiger charge is 2.31. The first-order valence-corrected chi connectivity index (χ1v) is 3.68.